The van der Waals surface area contributed by atoms with Crippen molar-refractivity contribution in [2.75, 3.05) is 0 Å². The third-order valence-electron chi connectivity index (χ3n) is 2.04. The summed E-state index contributed by atoms with van der Waals surface area (Å²) in [6.07, 6.45) is -4.68. The van der Waals surface area contributed by atoms with Gasteiger partial charge in [-0.05, 0) is 24.1 Å². The van der Waals surface area contributed by atoms with E-state index >= 15 is 0 Å². The van der Waals surface area contributed by atoms with Crippen LogP contribution in [0.25, 0.3) is 0 Å². The summed E-state index contributed by atoms with van der Waals surface area (Å²) in [5.41, 5.74) is -0.672. The quantitative estimate of drug-likeness (QED) is 0.800. The molecule has 1 aromatic carbocycles. The Labute approximate surface area is 105 Å². The van der Waals surface area contributed by atoms with E-state index in [0.717, 1.165) is 18.2 Å². The van der Waals surface area contributed by atoms with E-state index in [9.17, 15) is 23.1 Å². The van der Waals surface area contributed by atoms with Gasteiger partial charge in [0.1, 0.15) is 0 Å². The van der Waals surface area contributed by atoms with Crippen LogP contribution >= 0.6 is 23.2 Å². The Hall–Kier alpha value is -0.940. The summed E-state index contributed by atoms with van der Waals surface area (Å²) in [5.74, 6) is -1.50. The summed E-state index contributed by atoms with van der Waals surface area (Å²) >= 11 is 11.0. The van der Waals surface area contributed by atoms with Gasteiger partial charge < -0.3 is 9.90 Å². The molecule has 7 heteroatoms. The van der Waals surface area contributed by atoms with Crippen LogP contribution < -0.4 is 5.11 Å². The molecule has 0 amide bonds. The maximum atomic E-state index is 12.3. The van der Waals surface area contributed by atoms with Crippen LogP contribution in [0.5, 0.6) is 0 Å². The zero-order valence-electron chi connectivity index (χ0n) is 8.22. The van der Waals surface area contributed by atoms with Crippen LogP contribution in [0.1, 0.15) is 11.1 Å². The van der Waals surface area contributed by atoms with E-state index in [4.69, 9.17) is 23.2 Å². The highest BCUT2D eigenvalue weighted by atomic mass is 35.5. The van der Waals surface area contributed by atoms with Crippen molar-refractivity contribution in [3.05, 3.63) is 34.3 Å². The molecule has 1 rings (SSSR count). The molecule has 0 bridgehead atoms. The van der Waals surface area contributed by atoms with Gasteiger partial charge in [0.2, 0.25) is 0 Å². The second-order valence-electron chi connectivity index (χ2n) is 3.29. The molecule has 0 unspecified atom stereocenters. The molecule has 0 radical (unpaired) electrons. The lowest BCUT2D eigenvalue weighted by Crippen LogP contribution is -2.33. The Morgan fingerprint density at radius 2 is 2.00 bits per heavy atom. The van der Waals surface area contributed by atoms with Crippen molar-refractivity contribution < 1.29 is 23.1 Å². The number of alkyl halides is 4. The fourth-order valence-electron chi connectivity index (χ4n) is 1.17. The molecule has 0 aromatic heterocycles. The number of benzene rings is 1. The molecule has 1 atom stereocenters. The van der Waals surface area contributed by atoms with Crippen molar-refractivity contribution >= 4 is 29.2 Å². The van der Waals surface area contributed by atoms with Crippen molar-refractivity contribution in [2.45, 2.75) is 18.0 Å². The van der Waals surface area contributed by atoms with Crippen LogP contribution in [0, 0.1) is 0 Å². The van der Waals surface area contributed by atoms with E-state index in [0.29, 0.717) is 0 Å². The Morgan fingerprint density at radius 1 is 1.41 bits per heavy atom. The van der Waals surface area contributed by atoms with E-state index in [1.165, 1.54) is 0 Å². The van der Waals surface area contributed by atoms with Gasteiger partial charge in [0, 0.05) is 5.02 Å². The molecule has 0 saturated carbocycles. The molecule has 0 aliphatic rings. The number of halogens is 5. The molecule has 0 fully saturated rings. The third-order valence-corrected chi connectivity index (χ3v) is 2.72. The summed E-state index contributed by atoms with van der Waals surface area (Å²) in [6, 6.07) is 2.65. The second-order valence-corrected chi connectivity index (χ2v) is 4.23. The highest BCUT2D eigenvalue weighted by Gasteiger charge is 2.30. The summed E-state index contributed by atoms with van der Waals surface area (Å²) in [7, 11) is 0. The molecule has 0 N–H and O–H groups in total. The molecule has 0 aliphatic carbocycles. The minimum atomic E-state index is -4.49. The van der Waals surface area contributed by atoms with Crippen LogP contribution in [-0.2, 0) is 17.4 Å². The average Bonchev–Trinajstić information content (AvgIpc) is 2.19. The van der Waals surface area contributed by atoms with Gasteiger partial charge in [0.15, 0.2) is 0 Å². The Kier molecular flexibility index (Phi) is 4.27. The Bertz CT molecular complexity index is 432. The fourth-order valence-corrected chi connectivity index (χ4v) is 1.59. The summed E-state index contributed by atoms with van der Waals surface area (Å²) in [6.45, 7) is 0. The lowest BCUT2D eigenvalue weighted by Gasteiger charge is -2.13. The second kappa shape index (κ2) is 5.14. The van der Waals surface area contributed by atoms with Crippen LogP contribution in [0.2, 0.25) is 5.02 Å². The molecule has 0 heterocycles. The normalized spacial score (nSPS) is 13.5. The van der Waals surface area contributed by atoms with E-state index in [-0.39, 0.29) is 17.0 Å². The van der Waals surface area contributed by atoms with Gasteiger partial charge >= 0.3 is 6.18 Å². The van der Waals surface area contributed by atoms with Crippen LogP contribution in [0.15, 0.2) is 18.2 Å². The van der Waals surface area contributed by atoms with Gasteiger partial charge in [0.05, 0.1) is 16.9 Å². The topological polar surface area (TPSA) is 40.1 Å². The van der Waals surface area contributed by atoms with E-state index in [2.05, 4.69) is 0 Å². The number of hydrogen-bond acceptors (Lipinski definition) is 2. The highest BCUT2D eigenvalue weighted by molar-refractivity contribution is 6.32. The third kappa shape index (κ3) is 3.78. The average molecular weight is 286 g/mol. The number of carbonyl (C=O) groups is 1. The van der Waals surface area contributed by atoms with Crippen LogP contribution in [0.4, 0.5) is 13.2 Å². The molecule has 94 valence electrons. The first-order chi connectivity index (χ1) is 7.71. The Morgan fingerprint density at radius 3 is 2.41 bits per heavy atom. The maximum Gasteiger partial charge on any atom is 0.416 e. The van der Waals surface area contributed by atoms with Crippen molar-refractivity contribution in [1.29, 1.82) is 0 Å². The summed E-state index contributed by atoms with van der Waals surface area (Å²) in [4.78, 5) is 10.4. The lowest BCUT2D eigenvalue weighted by molar-refractivity contribution is -0.305. The largest absolute Gasteiger partial charge is 0.549 e. The molecule has 1 aromatic rings. The number of carboxylic acid groups (broad SMARTS) is 1. The molecule has 0 saturated heterocycles. The first kappa shape index (κ1) is 14.1. The molecule has 2 nitrogen and oxygen atoms in total. The van der Waals surface area contributed by atoms with Crippen molar-refractivity contribution in [1.82, 2.24) is 0 Å². The molecule has 0 spiro atoms. The minimum absolute atomic E-state index is 0.174. The van der Waals surface area contributed by atoms with Gasteiger partial charge in [0.25, 0.3) is 0 Å². The first-order valence-electron chi connectivity index (χ1n) is 4.42. The van der Waals surface area contributed by atoms with Crippen LogP contribution in [0.3, 0.4) is 0 Å². The fraction of sp³-hybridized carbons (Fsp3) is 0.300. The molecular weight excluding hydrogens is 280 g/mol. The van der Waals surface area contributed by atoms with Crippen LogP contribution in [-0.4, -0.2) is 11.3 Å². The first-order valence-corrected chi connectivity index (χ1v) is 5.24. The zero-order valence-corrected chi connectivity index (χ0v) is 9.73. The van der Waals surface area contributed by atoms with Gasteiger partial charge in [-0.15, -0.1) is 11.6 Å². The van der Waals surface area contributed by atoms with Crippen molar-refractivity contribution in [3.8, 4) is 0 Å². The monoisotopic (exact) mass is 285 g/mol. The minimum Gasteiger partial charge on any atom is -0.549 e. The molecule has 0 aliphatic heterocycles. The van der Waals surface area contributed by atoms with Crippen molar-refractivity contribution in [2.24, 2.45) is 0 Å². The number of hydrogen-bond donors (Lipinski definition) is 0. The lowest BCUT2D eigenvalue weighted by atomic mass is 10.1. The van der Waals surface area contributed by atoms with E-state index < -0.39 is 23.1 Å². The van der Waals surface area contributed by atoms with Gasteiger partial charge in [-0.2, -0.15) is 13.2 Å². The number of carboxylic acids is 1. The number of rotatable bonds is 3. The SMILES string of the molecule is O=C([O-])[C@H](Cl)Cc1ccc(C(F)(F)F)cc1Cl. The standard InChI is InChI=1S/C10H7Cl2F3O2/c11-7-4-6(10(13,14)15)2-1-5(7)3-8(12)9(16)17/h1-2,4,8H,3H2,(H,16,17)/p-1/t8-/m1/s1. The maximum absolute atomic E-state index is 12.3. The predicted molar refractivity (Wildman–Crippen MR) is 54.8 cm³/mol. The summed E-state index contributed by atoms with van der Waals surface area (Å²) < 4.78 is 36.9. The van der Waals surface area contributed by atoms with Gasteiger partial charge in [-0.3, -0.25) is 0 Å². The summed E-state index contributed by atoms with van der Waals surface area (Å²) in [5, 5.41) is 8.87. The number of aliphatic carboxylic acids is 1. The predicted octanol–water partition coefficient (Wildman–Crippen LogP) is 2.26. The molecule has 17 heavy (non-hydrogen) atoms. The molecular formula is C10H6Cl2F3O2-. The van der Waals surface area contributed by atoms with Gasteiger partial charge in [-0.1, -0.05) is 17.7 Å². The van der Waals surface area contributed by atoms with E-state index in [1.54, 1.807) is 0 Å². The van der Waals surface area contributed by atoms with Crippen molar-refractivity contribution in [3.63, 3.8) is 0 Å². The Balaban J connectivity index is 2.95. The number of carbonyl (C=O) groups excluding carboxylic acids is 1. The zero-order chi connectivity index (χ0) is 13.2. The van der Waals surface area contributed by atoms with E-state index in [1.807, 2.05) is 0 Å². The highest BCUT2D eigenvalue weighted by Crippen LogP contribution is 2.32. The van der Waals surface area contributed by atoms with Gasteiger partial charge in [-0.25, -0.2) is 0 Å². The smallest absolute Gasteiger partial charge is 0.416 e.